The Kier molecular flexibility index (Phi) is 4.79. The second-order valence-electron chi connectivity index (χ2n) is 6.24. The van der Waals surface area contributed by atoms with Crippen LogP contribution in [0.4, 0.5) is 4.39 Å². The third-order valence-electron chi connectivity index (χ3n) is 4.46. The number of thiazole rings is 1. The van der Waals surface area contributed by atoms with E-state index in [1.54, 1.807) is 22.9 Å². The van der Waals surface area contributed by atoms with Gasteiger partial charge in [-0.2, -0.15) is 0 Å². The van der Waals surface area contributed by atoms with Crippen LogP contribution in [-0.4, -0.2) is 27.3 Å². The van der Waals surface area contributed by atoms with E-state index in [2.05, 4.69) is 15.0 Å². The fourth-order valence-corrected chi connectivity index (χ4v) is 3.88. The van der Waals surface area contributed by atoms with Gasteiger partial charge >= 0.3 is 0 Å². The molecule has 0 fully saturated rings. The van der Waals surface area contributed by atoms with Crippen molar-refractivity contribution in [1.82, 2.24) is 9.55 Å². The number of benzene rings is 2. The van der Waals surface area contributed by atoms with Gasteiger partial charge in [0.15, 0.2) is 5.43 Å². The van der Waals surface area contributed by atoms with Crippen molar-refractivity contribution in [1.29, 1.82) is 0 Å². The van der Waals surface area contributed by atoms with Gasteiger partial charge in [0.05, 0.1) is 23.7 Å². The number of hydrogen-bond donors (Lipinski definition) is 1. The van der Waals surface area contributed by atoms with Gasteiger partial charge in [-0.1, -0.05) is 11.2 Å². The normalized spacial score (nSPS) is 12.2. The molecule has 2 aromatic carbocycles. The Morgan fingerprint density at radius 3 is 2.86 bits per heavy atom. The van der Waals surface area contributed by atoms with Crippen LogP contribution < -0.4 is 5.43 Å². The molecule has 140 valence electrons. The minimum atomic E-state index is -0.960. The molecule has 7 nitrogen and oxygen atoms in total. The van der Waals surface area contributed by atoms with E-state index >= 15 is 0 Å². The number of hydrogen-bond acceptors (Lipinski definition) is 5. The summed E-state index contributed by atoms with van der Waals surface area (Å²) >= 11 is 1.47. The largest absolute Gasteiger partial charge is 0.391 e. The van der Waals surface area contributed by atoms with Gasteiger partial charge in [0.25, 0.3) is 0 Å². The van der Waals surface area contributed by atoms with Crippen LogP contribution in [0, 0.1) is 5.82 Å². The molecule has 4 rings (SSSR count). The zero-order chi connectivity index (χ0) is 19.7. The Bertz CT molecular complexity index is 1280. The van der Waals surface area contributed by atoms with E-state index in [0.717, 1.165) is 10.6 Å². The summed E-state index contributed by atoms with van der Waals surface area (Å²) in [6.07, 6.45) is 0.739. The van der Waals surface area contributed by atoms with Crippen molar-refractivity contribution in [2.45, 2.75) is 12.6 Å². The number of fused-ring (bicyclic) bond motifs is 2. The Morgan fingerprint density at radius 1 is 1.25 bits per heavy atom. The minimum absolute atomic E-state index is 0.0826. The van der Waals surface area contributed by atoms with Crippen LogP contribution in [0.15, 0.2) is 57.9 Å². The number of halogens is 1. The lowest BCUT2D eigenvalue weighted by Gasteiger charge is -2.18. The van der Waals surface area contributed by atoms with Gasteiger partial charge in [-0.25, -0.2) is 9.37 Å². The van der Waals surface area contributed by atoms with Crippen molar-refractivity contribution in [2.24, 2.45) is 5.11 Å². The first-order chi connectivity index (χ1) is 13.6. The molecule has 0 amide bonds. The number of aliphatic hydroxyl groups excluding tert-OH is 1. The smallest absolute Gasteiger partial charge is 0.197 e. The maximum absolute atomic E-state index is 13.8. The van der Waals surface area contributed by atoms with Gasteiger partial charge in [-0.15, -0.1) is 11.3 Å². The summed E-state index contributed by atoms with van der Waals surface area (Å²) in [5, 5.41) is 17.0. The molecule has 0 aliphatic heterocycles. The van der Waals surface area contributed by atoms with E-state index in [0.29, 0.717) is 16.4 Å². The van der Waals surface area contributed by atoms with Crippen LogP contribution in [0.3, 0.4) is 0 Å². The van der Waals surface area contributed by atoms with Crippen LogP contribution in [0.5, 0.6) is 0 Å². The average Bonchev–Trinajstić information content (AvgIpc) is 3.24. The van der Waals surface area contributed by atoms with E-state index in [4.69, 9.17) is 5.53 Å². The van der Waals surface area contributed by atoms with E-state index in [9.17, 15) is 14.3 Å². The standard InChI is InChI=1S/C19H14FN5O2S/c20-12-2-4-16-15(8-12)18(27)14-3-1-11(19-22-5-6-28-19)7-17(14)25(16)10-13(26)9-23-24-21/h1-8,13,26H,9-10H2. The van der Waals surface area contributed by atoms with Gasteiger partial charge in [0.2, 0.25) is 0 Å². The third kappa shape index (κ3) is 3.22. The summed E-state index contributed by atoms with van der Waals surface area (Å²) in [6, 6.07) is 9.31. The number of pyridine rings is 1. The highest BCUT2D eigenvalue weighted by Gasteiger charge is 2.15. The number of aliphatic hydroxyl groups is 1. The number of aromatic nitrogens is 2. The Labute approximate surface area is 161 Å². The SMILES string of the molecule is [N-]=[N+]=NCC(O)Cn1c2ccc(F)cc2c(=O)c2ccc(-c3nccs3)cc21. The van der Waals surface area contributed by atoms with Gasteiger partial charge in [0, 0.05) is 39.4 Å². The first kappa shape index (κ1) is 18.1. The van der Waals surface area contributed by atoms with E-state index < -0.39 is 11.9 Å². The summed E-state index contributed by atoms with van der Waals surface area (Å²) in [5.74, 6) is -0.510. The summed E-state index contributed by atoms with van der Waals surface area (Å²) in [6.45, 7) is -0.0295. The zero-order valence-corrected chi connectivity index (χ0v) is 15.3. The molecule has 0 bridgehead atoms. The van der Waals surface area contributed by atoms with Crippen molar-refractivity contribution in [2.75, 3.05) is 6.54 Å². The molecule has 0 radical (unpaired) electrons. The zero-order valence-electron chi connectivity index (χ0n) is 14.5. The molecular formula is C19H14FN5O2S. The summed E-state index contributed by atoms with van der Waals surface area (Å²) in [4.78, 5) is 19.9. The molecule has 2 aromatic heterocycles. The van der Waals surface area contributed by atoms with Crippen molar-refractivity contribution in [3.05, 3.63) is 74.5 Å². The molecular weight excluding hydrogens is 381 g/mol. The average molecular weight is 395 g/mol. The van der Waals surface area contributed by atoms with Crippen LogP contribution in [0.2, 0.25) is 0 Å². The number of rotatable bonds is 5. The molecule has 1 atom stereocenters. The molecule has 0 saturated carbocycles. The highest BCUT2D eigenvalue weighted by atomic mass is 32.1. The van der Waals surface area contributed by atoms with Gasteiger partial charge < -0.3 is 9.67 Å². The molecule has 1 unspecified atom stereocenters. The predicted octanol–water partition coefficient (Wildman–Crippen LogP) is 4.09. The van der Waals surface area contributed by atoms with Gasteiger partial charge in [-0.05, 0) is 35.9 Å². The second-order valence-corrected chi connectivity index (χ2v) is 7.13. The molecule has 1 N–H and O–H groups in total. The number of azide groups is 1. The van der Waals surface area contributed by atoms with Crippen molar-refractivity contribution < 1.29 is 9.50 Å². The molecule has 0 saturated heterocycles. The fraction of sp³-hybridized carbons (Fsp3) is 0.158. The third-order valence-corrected chi connectivity index (χ3v) is 5.28. The molecule has 0 spiro atoms. The molecule has 0 aliphatic rings. The Morgan fingerprint density at radius 2 is 2.11 bits per heavy atom. The fourth-order valence-electron chi connectivity index (χ4n) is 3.24. The number of nitrogens with zero attached hydrogens (tertiary/aromatic N) is 5. The van der Waals surface area contributed by atoms with Crippen LogP contribution >= 0.6 is 11.3 Å². The molecule has 9 heteroatoms. The highest BCUT2D eigenvalue weighted by Crippen LogP contribution is 2.27. The predicted molar refractivity (Wildman–Crippen MR) is 107 cm³/mol. The van der Waals surface area contributed by atoms with Crippen LogP contribution in [0.1, 0.15) is 0 Å². The minimum Gasteiger partial charge on any atom is -0.391 e. The topological polar surface area (TPSA) is 104 Å². The van der Waals surface area contributed by atoms with Crippen molar-refractivity contribution in [3.8, 4) is 10.6 Å². The first-order valence-corrected chi connectivity index (χ1v) is 9.31. The monoisotopic (exact) mass is 395 g/mol. The molecule has 28 heavy (non-hydrogen) atoms. The lowest BCUT2D eigenvalue weighted by Crippen LogP contribution is -2.22. The molecule has 0 aliphatic carbocycles. The lowest BCUT2D eigenvalue weighted by atomic mass is 10.1. The van der Waals surface area contributed by atoms with Gasteiger partial charge in [0.1, 0.15) is 10.8 Å². The first-order valence-electron chi connectivity index (χ1n) is 8.43. The molecule has 2 heterocycles. The Hall–Kier alpha value is -3.26. The second kappa shape index (κ2) is 7.40. The van der Waals surface area contributed by atoms with Crippen LogP contribution in [-0.2, 0) is 6.54 Å². The van der Waals surface area contributed by atoms with Crippen molar-refractivity contribution >= 4 is 33.1 Å². The van der Waals surface area contributed by atoms with E-state index in [1.165, 1.54) is 29.5 Å². The summed E-state index contributed by atoms with van der Waals surface area (Å²) < 4.78 is 15.5. The van der Waals surface area contributed by atoms with Crippen molar-refractivity contribution in [3.63, 3.8) is 0 Å². The highest BCUT2D eigenvalue weighted by molar-refractivity contribution is 7.13. The van der Waals surface area contributed by atoms with E-state index in [-0.39, 0.29) is 23.9 Å². The van der Waals surface area contributed by atoms with E-state index in [1.807, 2.05) is 11.4 Å². The van der Waals surface area contributed by atoms with Gasteiger partial charge in [-0.3, -0.25) is 4.79 Å². The molecule has 4 aromatic rings. The summed E-state index contributed by atoms with van der Waals surface area (Å²) in [7, 11) is 0. The quantitative estimate of drug-likeness (QED) is 0.238. The lowest BCUT2D eigenvalue weighted by molar-refractivity contribution is 0.165. The maximum Gasteiger partial charge on any atom is 0.197 e. The summed E-state index contributed by atoms with van der Waals surface area (Å²) in [5.41, 5.74) is 10.1. The Balaban J connectivity index is 2.01. The van der Waals surface area contributed by atoms with Crippen LogP contribution in [0.25, 0.3) is 42.8 Å². The maximum atomic E-state index is 13.8.